The zero-order chi connectivity index (χ0) is 15.0. The summed E-state index contributed by atoms with van der Waals surface area (Å²) in [5.74, 6) is -0.100. The fourth-order valence-corrected chi connectivity index (χ4v) is 1.68. The lowest BCUT2D eigenvalue weighted by Crippen LogP contribution is -2.35. The Bertz CT molecular complexity index is 469. The third-order valence-corrected chi connectivity index (χ3v) is 2.85. The van der Waals surface area contributed by atoms with Crippen molar-refractivity contribution in [2.45, 2.75) is 6.54 Å². The Morgan fingerprint density at radius 2 is 1.95 bits per heavy atom. The van der Waals surface area contributed by atoms with Gasteiger partial charge >= 0.3 is 0 Å². The molecule has 108 valence electrons. The predicted molar refractivity (Wildman–Crippen MR) is 79.4 cm³/mol. The van der Waals surface area contributed by atoms with Gasteiger partial charge in [-0.2, -0.15) is 0 Å². The maximum atomic E-state index is 11.8. The lowest BCUT2D eigenvalue weighted by atomic mass is 10.1. The van der Waals surface area contributed by atoms with Gasteiger partial charge in [0.2, 0.25) is 5.91 Å². The molecule has 0 fully saturated rings. The predicted octanol–water partition coefficient (Wildman–Crippen LogP) is 0.780. The summed E-state index contributed by atoms with van der Waals surface area (Å²) in [5.41, 5.74) is 1.59. The summed E-state index contributed by atoms with van der Waals surface area (Å²) in [4.78, 5) is 24.9. The van der Waals surface area contributed by atoms with Gasteiger partial charge in [0.15, 0.2) is 0 Å². The second-order valence-electron chi connectivity index (χ2n) is 4.45. The molecule has 1 rings (SSSR count). The third-order valence-electron chi connectivity index (χ3n) is 2.85. The monoisotopic (exact) mass is 275 g/mol. The van der Waals surface area contributed by atoms with Gasteiger partial charge in [0, 0.05) is 32.7 Å². The molecule has 0 aliphatic rings. The van der Waals surface area contributed by atoms with Gasteiger partial charge < -0.3 is 15.5 Å². The molecule has 5 heteroatoms. The van der Waals surface area contributed by atoms with Gasteiger partial charge in [-0.15, -0.1) is 6.58 Å². The molecule has 0 aliphatic heterocycles. The smallest absolute Gasteiger partial charge is 0.251 e. The average molecular weight is 275 g/mol. The molecule has 0 bridgehead atoms. The maximum absolute atomic E-state index is 11.8. The molecule has 0 saturated heterocycles. The molecule has 0 unspecified atom stereocenters. The topological polar surface area (TPSA) is 61.4 Å². The first-order valence-corrected chi connectivity index (χ1v) is 6.45. The van der Waals surface area contributed by atoms with Gasteiger partial charge in [-0.1, -0.05) is 18.2 Å². The highest BCUT2D eigenvalue weighted by Gasteiger charge is 2.09. The summed E-state index contributed by atoms with van der Waals surface area (Å²) in [6, 6.07) is 7.21. The van der Waals surface area contributed by atoms with Crippen LogP contribution in [0.3, 0.4) is 0 Å². The van der Waals surface area contributed by atoms with Crippen LogP contribution in [0.15, 0.2) is 36.9 Å². The van der Waals surface area contributed by atoms with Crippen LogP contribution in [0.5, 0.6) is 0 Å². The van der Waals surface area contributed by atoms with Gasteiger partial charge in [0.1, 0.15) is 0 Å². The van der Waals surface area contributed by atoms with E-state index in [1.54, 1.807) is 37.2 Å². The molecule has 0 aromatic heterocycles. The molecule has 2 amide bonds. The lowest BCUT2D eigenvalue weighted by Gasteiger charge is -2.17. The van der Waals surface area contributed by atoms with E-state index >= 15 is 0 Å². The summed E-state index contributed by atoms with van der Waals surface area (Å²) >= 11 is 0. The van der Waals surface area contributed by atoms with Crippen molar-refractivity contribution >= 4 is 11.8 Å². The average Bonchev–Trinajstić information content (AvgIpc) is 2.47. The third kappa shape index (κ3) is 4.85. The van der Waals surface area contributed by atoms with Gasteiger partial charge in [-0.05, 0) is 17.7 Å². The van der Waals surface area contributed by atoms with E-state index in [1.807, 2.05) is 12.1 Å². The zero-order valence-electron chi connectivity index (χ0n) is 12.0. The van der Waals surface area contributed by atoms with Gasteiger partial charge in [-0.25, -0.2) is 0 Å². The molecule has 0 heterocycles. The van der Waals surface area contributed by atoms with Crippen molar-refractivity contribution in [3.05, 3.63) is 48.0 Å². The highest BCUT2D eigenvalue weighted by atomic mass is 16.2. The minimum atomic E-state index is -0.116. The van der Waals surface area contributed by atoms with Crippen LogP contribution in [0.1, 0.15) is 15.9 Å². The fraction of sp³-hybridized carbons (Fsp3) is 0.333. The number of rotatable bonds is 7. The van der Waals surface area contributed by atoms with E-state index in [-0.39, 0.29) is 11.8 Å². The van der Waals surface area contributed by atoms with Crippen LogP contribution in [0.4, 0.5) is 0 Å². The number of nitrogens with zero attached hydrogens (tertiary/aromatic N) is 1. The summed E-state index contributed by atoms with van der Waals surface area (Å²) in [5, 5.41) is 5.54. The molecule has 0 radical (unpaired) electrons. The Morgan fingerprint density at radius 3 is 2.50 bits per heavy atom. The minimum Gasteiger partial charge on any atom is -0.355 e. The summed E-state index contributed by atoms with van der Waals surface area (Å²) in [6.07, 6.45) is 1.71. The number of likely N-dealkylation sites (N-methyl/N-ethyl adjacent to an activating group) is 1. The quantitative estimate of drug-likeness (QED) is 0.571. The van der Waals surface area contributed by atoms with Crippen LogP contribution in [0.2, 0.25) is 0 Å². The van der Waals surface area contributed by atoms with E-state index in [0.29, 0.717) is 25.2 Å². The number of nitrogens with one attached hydrogen (secondary N) is 2. The van der Waals surface area contributed by atoms with Crippen molar-refractivity contribution in [2.24, 2.45) is 0 Å². The van der Waals surface area contributed by atoms with Crippen LogP contribution in [-0.2, 0) is 11.3 Å². The molecule has 20 heavy (non-hydrogen) atoms. The summed E-state index contributed by atoms with van der Waals surface area (Å²) < 4.78 is 0. The fourth-order valence-electron chi connectivity index (χ4n) is 1.68. The van der Waals surface area contributed by atoms with Crippen LogP contribution >= 0.6 is 0 Å². The first-order chi connectivity index (χ1) is 9.58. The van der Waals surface area contributed by atoms with Crippen LogP contribution in [0.25, 0.3) is 0 Å². The summed E-state index contributed by atoms with van der Waals surface area (Å²) in [6.45, 7) is 5.00. The Hall–Kier alpha value is -2.14. The van der Waals surface area contributed by atoms with Crippen LogP contribution < -0.4 is 10.6 Å². The SMILES string of the molecule is C=CCNCC(=O)N(C)Cc1ccc(C(=O)NC)cc1. The maximum Gasteiger partial charge on any atom is 0.251 e. The van der Waals surface area contributed by atoms with Gasteiger partial charge in [0.05, 0.1) is 6.54 Å². The largest absolute Gasteiger partial charge is 0.355 e. The Kier molecular flexibility index (Phi) is 6.46. The lowest BCUT2D eigenvalue weighted by molar-refractivity contribution is -0.129. The molecule has 1 aromatic rings. The number of carbonyl (C=O) groups is 2. The zero-order valence-corrected chi connectivity index (χ0v) is 12.0. The van der Waals surface area contributed by atoms with Crippen molar-refractivity contribution in [1.82, 2.24) is 15.5 Å². The summed E-state index contributed by atoms with van der Waals surface area (Å²) in [7, 11) is 3.35. The van der Waals surface area contributed by atoms with E-state index < -0.39 is 0 Å². The van der Waals surface area contributed by atoms with Gasteiger partial charge in [-0.3, -0.25) is 9.59 Å². The van der Waals surface area contributed by atoms with Crippen molar-refractivity contribution in [3.8, 4) is 0 Å². The van der Waals surface area contributed by atoms with Gasteiger partial charge in [0.25, 0.3) is 5.91 Å². The van der Waals surface area contributed by atoms with Crippen LogP contribution in [-0.4, -0.2) is 43.9 Å². The second-order valence-corrected chi connectivity index (χ2v) is 4.45. The van der Waals surface area contributed by atoms with E-state index in [0.717, 1.165) is 5.56 Å². The van der Waals surface area contributed by atoms with E-state index in [1.165, 1.54) is 0 Å². The second kappa shape index (κ2) is 8.12. The van der Waals surface area contributed by atoms with E-state index in [9.17, 15) is 9.59 Å². The van der Waals surface area contributed by atoms with E-state index in [2.05, 4.69) is 17.2 Å². The molecular formula is C15H21N3O2. The first kappa shape index (κ1) is 15.9. The van der Waals surface area contributed by atoms with Crippen molar-refractivity contribution < 1.29 is 9.59 Å². The number of hydrogen-bond acceptors (Lipinski definition) is 3. The molecule has 0 spiro atoms. The standard InChI is InChI=1S/C15H21N3O2/c1-4-9-17-10-14(19)18(3)11-12-5-7-13(8-6-12)15(20)16-2/h4-8,17H,1,9-11H2,2-3H3,(H,16,20). The van der Waals surface area contributed by atoms with Crippen molar-refractivity contribution in [3.63, 3.8) is 0 Å². The molecule has 0 aliphatic carbocycles. The molecule has 1 aromatic carbocycles. The molecule has 0 saturated carbocycles. The van der Waals surface area contributed by atoms with Crippen LogP contribution in [0, 0.1) is 0 Å². The molecular weight excluding hydrogens is 254 g/mol. The Morgan fingerprint density at radius 1 is 1.30 bits per heavy atom. The number of amides is 2. The first-order valence-electron chi connectivity index (χ1n) is 6.45. The van der Waals surface area contributed by atoms with E-state index in [4.69, 9.17) is 0 Å². The van der Waals surface area contributed by atoms with Crippen molar-refractivity contribution in [2.75, 3.05) is 27.2 Å². The van der Waals surface area contributed by atoms with Crippen molar-refractivity contribution in [1.29, 1.82) is 0 Å². The Labute approximate surface area is 119 Å². The molecule has 0 atom stereocenters. The Balaban J connectivity index is 2.53. The highest BCUT2D eigenvalue weighted by Crippen LogP contribution is 2.07. The molecule has 2 N–H and O–H groups in total. The number of carbonyl (C=O) groups excluding carboxylic acids is 2. The normalized spacial score (nSPS) is 9.90. The number of benzene rings is 1. The minimum absolute atomic E-state index is 0.0160. The highest BCUT2D eigenvalue weighted by molar-refractivity contribution is 5.93. The number of hydrogen-bond donors (Lipinski definition) is 2. The molecule has 5 nitrogen and oxygen atoms in total.